The molecule has 0 saturated heterocycles. The Bertz CT molecular complexity index is 656. The topological polar surface area (TPSA) is 58.2 Å². The van der Waals surface area contributed by atoms with Crippen molar-refractivity contribution in [3.8, 4) is 0 Å². The first-order chi connectivity index (χ1) is 10.1. The Morgan fingerprint density at radius 1 is 1.19 bits per heavy atom. The van der Waals surface area contributed by atoms with Crippen molar-refractivity contribution in [3.63, 3.8) is 0 Å². The summed E-state index contributed by atoms with van der Waals surface area (Å²) >= 11 is 0. The summed E-state index contributed by atoms with van der Waals surface area (Å²) in [4.78, 5) is 0.401. The van der Waals surface area contributed by atoms with Gasteiger partial charge in [-0.25, -0.2) is 13.1 Å². The highest BCUT2D eigenvalue weighted by molar-refractivity contribution is 7.89. The molecule has 2 bridgehead atoms. The molecule has 4 nitrogen and oxygen atoms in total. The fourth-order valence-electron chi connectivity index (χ4n) is 4.26. The Balaban J connectivity index is 1.57. The molecule has 1 heterocycles. The Morgan fingerprint density at radius 3 is 2.86 bits per heavy atom. The summed E-state index contributed by atoms with van der Waals surface area (Å²) in [6.07, 6.45) is 6.84. The van der Waals surface area contributed by atoms with E-state index in [0.29, 0.717) is 10.8 Å². The number of sulfonamides is 1. The van der Waals surface area contributed by atoms with E-state index in [0.717, 1.165) is 37.4 Å². The third-order valence-corrected chi connectivity index (χ3v) is 6.86. The molecule has 0 amide bonds. The first-order valence-electron chi connectivity index (χ1n) is 8.01. The Labute approximate surface area is 126 Å². The molecule has 4 rings (SSSR count). The van der Waals surface area contributed by atoms with Gasteiger partial charge in [0.1, 0.15) is 0 Å². The van der Waals surface area contributed by atoms with Gasteiger partial charge < -0.3 is 5.32 Å². The van der Waals surface area contributed by atoms with Crippen LogP contribution in [0.15, 0.2) is 23.1 Å². The highest BCUT2D eigenvalue weighted by Crippen LogP contribution is 2.44. The van der Waals surface area contributed by atoms with Crippen LogP contribution in [-0.2, 0) is 16.4 Å². The lowest BCUT2D eigenvalue weighted by Crippen LogP contribution is -2.38. The average Bonchev–Trinajstić information content (AvgIpc) is 3.09. The van der Waals surface area contributed by atoms with E-state index in [1.54, 1.807) is 12.1 Å². The van der Waals surface area contributed by atoms with Gasteiger partial charge >= 0.3 is 0 Å². The van der Waals surface area contributed by atoms with Crippen LogP contribution in [0.25, 0.3) is 0 Å². The van der Waals surface area contributed by atoms with Crippen LogP contribution in [0.5, 0.6) is 0 Å². The highest BCUT2D eigenvalue weighted by atomic mass is 32.2. The summed E-state index contributed by atoms with van der Waals surface area (Å²) < 4.78 is 28.2. The number of hydrogen-bond acceptors (Lipinski definition) is 3. The second kappa shape index (κ2) is 4.99. The van der Waals surface area contributed by atoms with Gasteiger partial charge in [0.05, 0.1) is 4.90 Å². The van der Waals surface area contributed by atoms with E-state index in [2.05, 4.69) is 10.0 Å². The zero-order valence-electron chi connectivity index (χ0n) is 12.1. The van der Waals surface area contributed by atoms with Gasteiger partial charge in [-0.3, -0.25) is 0 Å². The molecule has 2 saturated carbocycles. The number of hydrogen-bond donors (Lipinski definition) is 2. The van der Waals surface area contributed by atoms with E-state index in [9.17, 15) is 8.42 Å². The summed E-state index contributed by atoms with van der Waals surface area (Å²) in [7, 11) is -3.39. The van der Waals surface area contributed by atoms with E-state index in [1.165, 1.54) is 24.8 Å². The van der Waals surface area contributed by atoms with E-state index in [-0.39, 0.29) is 6.04 Å². The van der Waals surface area contributed by atoms with Gasteiger partial charge in [0.15, 0.2) is 0 Å². The van der Waals surface area contributed by atoms with Crippen molar-refractivity contribution in [3.05, 3.63) is 23.8 Å². The lowest BCUT2D eigenvalue weighted by atomic mass is 9.96. The van der Waals surface area contributed by atoms with Gasteiger partial charge in [-0.1, -0.05) is 12.5 Å². The summed E-state index contributed by atoms with van der Waals surface area (Å²) in [5.41, 5.74) is 2.21. The molecule has 0 radical (unpaired) electrons. The van der Waals surface area contributed by atoms with Gasteiger partial charge in [0.25, 0.3) is 0 Å². The number of anilines is 1. The number of fused-ring (bicyclic) bond motifs is 3. The van der Waals surface area contributed by atoms with E-state index in [1.807, 2.05) is 6.07 Å². The maximum absolute atomic E-state index is 12.6. The molecule has 1 aromatic carbocycles. The molecule has 1 aromatic rings. The monoisotopic (exact) mass is 306 g/mol. The lowest BCUT2D eigenvalue weighted by Gasteiger charge is -2.23. The summed E-state index contributed by atoms with van der Waals surface area (Å²) in [6.45, 7) is 0.927. The minimum Gasteiger partial charge on any atom is -0.385 e. The molecule has 3 unspecified atom stereocenters. The summed E-state index contributed by atoms with van der Waals surface area (Å²) in [5, 5.41) is 3.30. The van der Waals surface area contributed by atoms with Crippen LogP contribution in [0.3, 0.4) is 0 Å². The van der Waals surface area contributed by atoms with Gasteiger partial charge in [-0.05, 0) is 61.6 Å². The number of nitrogens with one attached hydrogen (secondary N) is 2. The number of aryl methyl sites for hydroxylation is 1. The standard InChI is InChI=1S/C16H22N2O2S/c19-21(20,18-16-9-11-3-4-13(16)8-11)14-6-5-12-2-1-7-17-15(12)10-14/h5-6,10-11,13,16-18H,1-4,7-9H2. The Morgan fingerprint density at radius 2 is 2.10 bits per heavy atom. The van der Waals surface area contributed by atoms with Crippen LogP contribution < -0.4 is 10.0 Å². The lowest BCUT2D eigenvalue weighted by molar-refractivity contribution is 0.390. The van der Waals surface area contributed by atoms with Crippen molar-refractivity contribution < 1.29 is 8.42 Å². The average molecular weight is 306 g/mol. The molecule has 1 aliphatic heterocycles. The van der Waals surface area contributed by atoms with Crippen LogP contribution in [0.4, 0.5) is 5.69 Å². The molecular formula is C16H22N2O2S. The van der Waals surface area contributed by atoms with Crippen LogP contribution in [0.2, 0.25) is 0 Å². The van der Waals surface area contributed by atoms with Crippen molar-refractivity contribution in [2.45, 2.75) is 49.5 Å². The molecule has 5 heteroatoms. The SMILES string of the molecule is O=S(=O)(NC1CC2CCC1C2)c1ccc2c(c1)NCCC2. The highest BCUT2D eigenvalue weighted by Gasteiger charge is 2.41. The van der Waals surface area contributed by atoms with E-state index in [4.69, 9.17) is 0 Å². The maximum atomic E-state index is 12.6. The summed E-state index contributed by atoms with van der Waals surface area (Å²) in [5.74, 6) is 1.30. The Hall–Kier alpha value is -1.07. The number of benzene rings is 1. The van der Waals surface area contributed by atoms with Gasteiger partial charge in [0.2, 0.25) is 10.0 Å². The maximum Gasteiger partial charge on any atom is 0.240 e. The van der Waals surface area contributed by atoms with Crippen LogP contribution in [0, 0.1) is 11.8 Å². The van der Waals surface area contributed by atoms with Crippen molar-refractivity contribution in [1.82, 2.24) is 4.72 Å². The second-order valence-electron chi connectivity index (χ2n) is 6.75. The third kappa shape index (κ3) is 2.46. The second-order valence-corrected chi connectivity index (χ2v) is 8.47. The molecule has 2 N–H and O–H groups in total. The van der Waals surface area contributed by atoms with Crippen LogP contribution in [-0.4, -0.2) is 21.0 Å². The Kier molecular flexibility index (Phi) is 3.23. The van der Waals surface area contributed by atoms with Crippen molar-refractivity contribution in [2.75, 3.05) is 11.9 Å². The van der Waals surface area contributed by atoms with E-state index >= 15 is 0 Å². The first-order valence-corrected chi connectivity index (χ1v) is 9.49. The van der Waals surface area contributed by atoms with Gasteiger partial charge in [0, 0.05) is 18.3 Å². The predicted molar refractivity (Wildman–Crippen MR) is 82.8 cm³/mol. The molecule has 2 fully saturated rings. The van der Waals surface area contributed by atoms with Crippen molar-refractivity contribution >= 4 is 15.7 Å². The molecule has 0 spiro atoms. The largest absolute Gasteiger partial charge is 0.385 e. The van der Waals surface area contributed by atoms with Gasteiger partial charge in [-0.15, -0.1) is 0 Å². The molecule has 21 heavy (non-hydrogen) atoms. The minimum atomic E-state index is -3.39. The van der Waals surface area contributed by atoms with Crippen molar-refractivity contribution in [1.29, 1.82) is 0 Å². The molecule has 3 aliphatic rings. The third-order valence-electron chi connectivity index (χ3n) is 5.37. The van der Waals surface area contributed by atoms with Crippen LogP contribution in [0.1, 0.15) is 37.7 Å². The van der Waals surface area contributed by atoms with E-state index < -0.39 is 10.0 Å². The molecule has 0 aromatic heterocycles. The van der Waals surface area contributed by atoms with Crippen LogP contribution >= 0.6 is 0 Å². The number of rotatable bonds is 3. The molecule has 2 aliphatic carbocycles. The normalized spacial score (nSPS) is 31.0. The predicted octanol–water partition coefficient (Wildman–Crippen LogP) is 2.51. The summed E-state index contributed by atoms with van der Waals surface area (Å²) in [6, 6.07) is 5.65. The zero-order chi connectivity index (χ0) is 14.4. The van der Waals surface area contributed by atoms with Gasteiger partial charge in [-0.2, -0.15) is 0 Å². The zero-order valence-corrected chi connectivity index (χ0v) is 13.0. The molecular weight excluding hydrogens is 284 g/mol. The first kappa shape index (κ1) is 13.6. The molecule has 3 atom stereocenters. The minimum absolute atomic E-state index is 0.151. The smallest absolute Gasteiger partial charge is 0.240 e. The fraction of sp³-hybridized carbons (Fsp3) is 0.625. The molecule has 114 valence electrons. The van der Waals surface area contributed by atoms with Crippen molar-refractivity contribution in [2.24, 2.45) is 11.8 Å². The quantitative estimate of drug-likeness (QED) is 0.902. The fourth-order valence-corrected chi connectivity index (χ4v) is 5.61.